The Labute approximate surface area is 291 Å². The van der Waals surface area contributed by atoms with Gasteiger partial charge in [0.2, 0.25) is 0 Å². The van der Waals surface area contributed by atoms with Crippen molar-refractivity contribution in [1.29, 1.82) is 0 Å². The van der Waals surface area contributed by atoms with Crippen molar-refractivity contribution in [2.24, 2.45) is 22.7 Å². The van der Waals surface area contributed by atoms with Crippen LogP contribution in [0.5, 0.6) is 11.5 Å². The molecule has 2 nitrogen and oxygen atoms in total. The monoisotopic (exact) mass is 746 g/mol. The molecule has 0 bridgehead atoms. The summed E-state index contributed by atoms with van der Waals surface area (Å²) in [6, 6.07) is 13.5. The fourth-order valence-corrected chi connectivity index (χ4v) is 36.0. The van der Waals surface area contributed by atoms with Crippen LogP contribution in [0.1, 0.15) is 119 Å². The summed E-state index contributed by atoms with van der Waals surface area (Å²) < 4.78 is 24.3. The molecule has 0 amide bonds. The second-order valence-electron chi connectivity index (χ2n) is 21.5. The number of allylic oxidation sites excluding steroid dienone is 8. The molecule has 0 saturated carbocycles. The third-order valence-corrected chi connectivity index (χ3v) is 37.6. The minimum atomic E-state index is -6.57. The van der Waals surface area contributed by atoms with Crippen molar-refractivity contribution in [2.45, 2.75) is 131 Å². The molecule has 4 rings (SSSR count). The summed E-state index contributed by atoms with van der Waals surface area (Å²) in [6.45, 7) is 38.9. The molecule has 2 aliphatic carbocycles. The number of benzene rings is 2. The van der Waals surface area contributed by atoms with Gasteiger partial charge in [0.15, 0.2) is 0 Å². The SMILES string of the molecule is Cc1ccc([O][Zr]([CH3])([CH3])(=[SiH2])([O]c2ccc(C)cc2C(C)(C)C)([C]2=CC(C(C)(C)C)=CC2C)[C]2=CC(C(C)(C)C)=CC2C)c(C(C)(C)C)c1. The number of aryl methyl sites for hydroxylation is 2. The van der Waals surface area contributed by atoms with Crippen LogP contribution in [-0.4, -0.2) is 6.88 Å². The summed E-state index contributed by atoms with van der Waals surface area (Å²) in [7, 11) is 0. The van der Waals surface area contributed by atoms with E-state index in [0.717, 1.165) is 11.5 Å². The van der Waals surface area contributed by atoms with E-state index in [2.05, 4.69) is 188 Å². The van der Waals surface area contributed by atoms with Crippen LogP contribution in [-0.2, 0) is 26.1 Å². The predicted molar refractivity (Wildman–Crippen MR) is 211 cm³/mol. The summed E-state index contributed by atoms with van der Waals surface area (Å²) in [5, 5.41) is 0. The van der Waals surface area contributed by atoms with Crippen LogP contribution >= 0.6 is 0 Å². The zero-order chi connectivity index (χ0) is 36.8. The zero-order valence-corrected chi connectivity index (χ0v) is 37.8. The van der Waals surface area contributed by atoms with Crippen LogP contribution < -0.4 is 5.63 Å². The molecule has 2 aliphatic rings. The molecule has 2 aromatic carbocycles. The maximum atomic E-state index is 8.39. The quantitative estimate of drug-likeness (QED) is 0.274. The van der Waals surface area contributed by atoms with Crippen molar-refractivity contribution in [2.75, 3.05) is 0 Å². The molecule has 2 unspecified atom stereocenters. The van der Waals surface area contributed by atoms with E-state index in [0.29, 0.717) is 0 Å². The summed E-state index contributed by atoms with van der Waals surface area (Å²) >= 11 is -6.57. The Morgan fingerprint density at radius 2 is 0.854 bits per heavy atom. The average Bonchev–Trinajstić information content (AvgIpc) is 3.50. The Bertz CT molecular complexity index is 1790. The average molecular weight is 748 g/mol. The number of hydrogen-bond donors (Lipinski definition) is 0. The standard InChI is InChI=1S/2C11H16O.2C10H15.2CH3.H2Si.Zr/c2*1-8-5-6-10(12)9(7-8)11(2,3)4;2*1-8-5-6-9(7-8)10(2,3)4;;;;/h2*5-7,12H,1-4H3;2*6-8H,1-4H3;2*1H3;1H2;/q;;;;;;;+2/p-2. The van der Waals surface area contributed by atoms with Gasteiger partial charge < -0.3 is 0 Å². The second-order valence-corrected chi connectivity index (χ2v) is 62.4. The van der Waals surface area contributed by atoms with Crippen LogP contribution in [0.4, 0.5) is 0 Å². The normalized spacial score (nSPS) is 21.7. The molecular weight excluding hydrogens is 680 g/mol. The topological polar surface area (TPSA) is 18.5 Å². The zero-order valence-electron chi connectivity index (χ0n) is 34.0. The summed E-state index contributed by atoms with van der Waals surface area (Å²) in [4.78, 5) is 0. The Kier molecular flexibility index (Phi) is 8.56. The molecule has 0 radical (unpaired) electrons. The van der Waals surface area contributed by atoms with Crippen molar-refractivity contribution in [3.63, 3.8) is 0 Å². The fraction of sp³-hybridized carbons (Fsp3) is 0.545. The van der Waals surface area contributed by atoms with Crippen molar-refractivity contribution in [3.05, 3.63) is 101 Å². The van der Waals surface area contributed by atoms with Gasteiger partial charge in [-0.15, -0.1) is 0 Å². The molecule has 4 heteroatoms. The van der Waals surface area contributed by atoms with E-state index in [9.17, 15) is 0 Å². The molecule has 0 heterocycles. The van der Waals surface area contributed by atoms with E-state index in [1.54, 1.807) is 0 Å². The van der Waals surface area contributed by atoms with E-state index in [1.807, 2.05) is 0 Å². The Morgan fingerprint density at radius 3 is 1.10 bits per heavy atom. The molecule has 48 heavy (non-hydrogen) atoms. The summed E-state index contributed by atoms with van der Waals surface area (Å²) in [5.74, 6) is 2.09. The molecule has 0 N–H and O–H groups in total. The van der Waals surface area contributed by atoms with Gasteiger partial charge in [0.1, 0.15) is 0 Å². The van der Waals surface area contributed by atoms with Gasteiger partial charge in [0.25, 0.3) is 0 Å². The first-order valence-corrected chi connectivity index (χ1v) is 33.6. The molecule has 0 fully saturated rings. The van der Waals surface area contributed by atoms with Crippen molar-refractivity contribution in [3.8, 4) is 11.5 Å². The third kappa shape index (κ3) is 6.52. The van der Waals surface area contributed by atoms with Gasteiger partial charge in [0, 0.05) is 0 Å². The number of hydrogen-bond acceptors (Lipinski definition) is 2. The molecule has 0 aromatic heterocycles. The van der Waals surface area contributed by atoms with Crippen LogP contribution in [0.2, 0.25) is 9.26 Å². The molecule has 0 spiro atoms. The Balaban J connectivity index is 2.34. The van der Waals surface area contributed by atoms with E-state index in [-0.39, 0.29) is 33.5 Å². The molecule has 0 aliphatic heterocycles. The number of rotatable bonds is 6. The van der Waals surface area contributed by atoms with E-state index >= 15 is 0 Å². The Morgan fingerprint density at radius 1 is 0.542 bits per heavy atom. The second kappa shape index (κ2) is 10.6. The van der Waals surface area contributed by atoms with Gasteiger partial charge in [-0.3, -0.25) is 0 Å². The van der Waals surface area contributed by atoms with Crippen LogP contribution in [0, 0.1) is 36.5 Å². The molecule has 0 saturated heterocycles. The maximum absolute atomic E-state index is 8.39. The van der Waals surface area contributed by atoms with Crippen molar-refractivity contribution >= 4 is 6.88 Å². The molecule has 264 valence electrons. The van der Waals surface area contributed by atoms with Crippen LogP contribution in [0.25, 0.3) is 0 Å². The van der Waals surface area contributed by atoms with Gasteiger partial charge in [-0.1, -0.05) is 0 Å². The van der Waals surface area contributed by atoms with Gasteiger partial charge >= 0.3 is 294 Å². The third-order valence-electron chi connectivity index (χ3n) is 11.5. The predicted octanol–water partition coefficient (Wildman–Crippen LogP) is 12.6. The van der Waals surface area contributed by atoms with Crippen LogP contribution in [0.15, 0.2) is 78.4 Å². The summed E-state index contributed by atoms with van der Waals surface area (Å²) in [5.41, 5.74) is 7.24. The first-order chi connectivity index (χ1) is 21.3. The molecule has 2 aromatic rings. The first-order valence-electron chi connectivity index (χ1n) is 18.3. The molecular formula is C44H68O2SiZr. The van der Waals surface area contributed by atoms with Crippen LogP contribution in [0.3, 0.4) is 0 Å². The first kappa shape index (κ1) is 38.9. The van der Waals surface area contributed by atoms with E-state index in [4.69, 9.17) is 5.63 Å². The van der Waals surface area contributed by atoms with E-state index < -0.39 is 15.3 Å². The minimum absolute atomic E-state index is 0.0256. The van der Waals surface area contributed by atoms with E-state index in [1.165, 1.54) is 40.0 Å². The van der Waals surface area contributed by atoms with Gasteiger partial charge in [-0.05, 0) is 0 Å². The van der Waals surface area contributed by atoms with Crippen molar-refractivity contribution < 1.29 is 20.9 Å². The molecule has 2 atom stereocenters. The van der Waals surface area contributed by atoms with Gasteiger partial charge in [0.05, 0.1) is 0 Å². The van der Waals surface area contributed by atoms with Gasteiger partial charge in [-0.2, -0.15) is 0 Å². The fourth-order valence-electron chi connectivity index (χ4n) is 8.72. The van der Waals surface area contributed by atoms with Gasteiger partial charge in [-0.25, -0.2) is 0 Å². The Hall–Kier alpha value is -1.90. The summed E-state index contributed by atoms with van der Waals surface area (Å²) in [6.07, 6.45) is 9.95. The van der Waals surface area contributed by atoms with Crippen molar-refractivity contribution in [1.82, 2.24) is 0 Å².